The van der Waals surface area contributed by atoms with Gasteiger partial charge in [-0.05, 0) is 17.7 Å². The molecule has 1 saturated heterocycles. The summed E-state index contributed by atoms with van der Waals surface area (Å²) in [6, 6.07) is 3.75. The van der Waals surface area contributed by atoms with E-state index in [-0.39, 0.29) is 5.92 Å². The van der Waals surface area contributed by atoms with Crippen molar-refractivity contribution >= 4 is 5.91 Å². The van der Waals surface area contributed by atoms with E-state index in [1.54, 1.807) is 7.11 Å². The molecular weight excluding hydrogens is 266 g/mol. The topological polar surface area (TPSA) is 55.6 Å². The second-order valence-electron chi connectivity index (χ2n) is 5.04. The van der Waals surface area contributed by atoms with Gasteiger partial charge >= 0.3 is 0 Å². The molecule has 2 rings (SSSR count). The Morgan fingerprint density at radius 3 is 2.75 bits per heavy atom. The number of nitrogens with zero attached hydrogens (tertiary/aromatic N) is 1. The maximum atomic E-state index is 13.3. The van der Waals surface area contributed by atoms with Gasteiger partial charge in [0.25, 0.3) is 0 Å². The molecule has 6 heteroatoms. The van der Waals surface area contributed by atoms with E-state index in [0.717, 1.165) is 12.1 Å². The van der Waals surface area contributed by atoms with Crippen LogP contribution < -0.4 is 5.73 Å². The number of amides is 1. The van der Waals surface area contributed by atoms with E-state index in [9.17, 15) is 13.6 Å². The minimum absolute atomic E-state index is 0.209. The van der Waals surface area contributed by atoms with Crippen LogP contribution in [0.25, 0.3) is 0 Å². The SMILES string of the molecule is COCCN1C[C@H](C(N)=O)[C@@H](c2ccc(F)c(F)c2)C1. The first-order valence-electron chi connectivity index (χ1n) is 6.48. The highest BCUT2D eigenvalue weighted by molar-refractivity contribution is 5.78. The lowest BCUT2D eigenvalue weighted by Gasteiger charge is -2.16. The lowest BCUT2D eigenvalue weighted by Crippen LogP contribution is -2.30. The number of benzene rings is 1. The number of hydrogen-bond acceptors (Lipinski definition) is 3. The molecule has 1 aliphatic rings. The largest absolute Gasteiger partial charge is 0.383 e. The zero-order chi connectivity index (χ0) is 14.7. The first-order chi connectivity index (χ1) is 9.52. The molecule has 1 fully saturated rings. The second kappa shape index (κ2) is 6.28. The number of ether oxygens (including phenoxy) is 1. The molecule has 2 atom stereocenters. The van der Waals surface area contributed by atoms with Crippen LogP contribution in [0.5, 0.6) is 0 Å². The molecule has 4 nitrogen and oxygen atoms in total. The van der Waals surface area contributed by atoms with Gasteiger partial charge < -0.3 is 10.5 Å². The molecule has 20 heavy (non-hydrogen) atoms. The molecule has 2 N–H and O–H groups in total. The highest BCUT2D eigenvalue weighted by Crippen LogP contribution is 2.33. The summed E-state index contributed by atoms with van der Waals surface area (Å²) in [4.78, 5) is 13.6. The Kier molecular flexibility index (Phi) is 4.67. The molecule has 1 heterocycles. The number of nitrogens with two attached hydrogens (primary N) is 1. The summed E-state index contributed by atoms with van der Waals surface area (Å²) in [5.41, 5.74) is 6.02. The Morgan fingerprint density at radius 1 is 1.40 bits per heavy atom. The molecule has 0 saturated carbocycles. The maximum Gasteiger partial charge on any atom is 0.222 e. The Labute approximate surface area is 116 Å². The van der Waals surface area contributed by atoms with Crippen LogP contribution in [0.3, 0.4) is 0 Å². The molecule has 0 radical (unpaired) electrons. The van der Waals surface area contributed by atoms with Gasteiger partial charge in [0, 0.05) is 32.7 Å². The van der Waals surface area contributed by atoms with Crippen LogP contribution in [0.15, 0.2) is 18.2 Å². The number of primary amides is 1. The molecule has 1 aromatic rings. The van der Waals surface area contributed by atoms with E-state index in [0.29, 0.717) is 31.8 Å². The fourth-order valence-corrected chi connectivity index (χ4v) is 2.66. The Hall–Kier alpha value is -1.53. The summed E-state index contributed by atoms with van der Waals surface area (Å²) in [5.74, 6) is -2.81. The molecule has 1 amide bonds. The van der Waals surface area contributed by atoms with Gasteiger partial charge in [0.15, 0.2) is 11.6 Å². The van der Waals surface area contributed by atoms with E-state index >= 15 is 0 Å². The molecule has 0 unspecified atom stereocenters. The van der Waals surface area contributed by atoms with Crippen molar-refractivity contribution in [2.45, 2.75) is 5.92 Å². The van der Waals surface area contributed by atoms with Gasteiger partial charge in [-0.1, -0.05) is 6.07 Å². The molecule has 0 bridgehead atoms. The third-order valence-electron chi connectivity index (χ3n) is 3.74. The predicted molar refractivity (Wildman–Crippen MR) is 70.1 cm³/mol. The number of halogens is 2. The van der Waals surface area contributed by atoms with Crippen molar-refractivity contribution in [1.82, 2.24) is 4.90 Å². The lowest BCUT2D eigenvalue weighted by molar-refractivity contribution is -0.121. The monoisotopic (exact) mass is 284 g/mol. The second-order valence-corrected chi connectivity index (χ2v) is 5.04. The summed E-state index contributed by atoms with van der Waals surface area (Å²) in [6.07, 6.45) is 0. The maximum absolute atomic E-state index is 13.3. The number of hydrogen-bond donors (Lipinski definition) is 1. The molecule has 0 spiro atoms. The van der Waals surface area contributed by atoms with Crippen molar-refractivity contribution < 1.29 is 18.3 Å². The smallest absolute Gasteiger partial charge is 0.222 e. The molecule has 0 aliphatic carbocycles. The highest BCUT2D eigenvalue weighted by Gasteiger charge is 2.37. The molecular formula is C14H18F2N2O2. The minimum atomic E-state index is -0.902. The van der Waals surface area contributed by atoms with Gasteiger partial charge in [0.05, 0.1) is 12.5 Å². The van der Waals surface area contributed by atoms with Crippen molar-refractivity contribution in [3.8, 4) is 0 Å². The third-order valence-corrected chi connectivity index (χ3v) is 3.74. The van der Waals surface area contributed by atoms with E-state index in [4.69, 9.17) is 10.5 Å². The van der Waals surface area contributed by atoms with E-state index in [1.807, 2.05) is 4.90 Å². The van der Waals surface area contributed by atoms with Crippen LogP contribution in [-0.2, 0) is 9.53 Å². The van der Waals surface area contributed by atoms with Gasteiger partial charge in [-0.15, -0.1) is 0 Å². The quantitative estimate of drug-likeness (QED) is 0.881. The predicted octanol–water partition coefficient (Wildman–Crippen LogP) is 1.11. The molecule has 0 aromatic heterocycles. The number of rotatable bonds is 5. The number of carbonyl (C=O) groups excluding carboxylic acids is 1. The van der Waals surface area contributed by atoms with Crippen LogP contribution in [-0.4, -0.2) is 44.2 Å². The van der Waals surface area contributed by atoms with Crippen molar-refractivity contribution in [2.75, 3.05) is 33.4 Å². The Balaban J connectivity index is 2.18. The third kappa shape index (κ3) is 3.13. The number of methoxy groups -OCH3 is 1. The van der Waals surface area contributed by atoms with Crippen LogP contribution in [0, 0.1) is 17.6 Å². The van der Waals surface area contributed by atoms with Crippen molar-refractivity contribution in [3.05, 3.63) is 35.4 Å². The lowest BCUT2D eigenvalue weighted by atomic mass is 9.88. The molecule has 1 aromatic carbocycles. The Morgan fingerprint density at radius 2 is 2.15 bits per heavy atom. The van der Waals surface area contributed by atoms with Crippen molar-refractivity contribution in [3.63, 3.8) is 0 Å². The zero-order valence-corrected chi connectivity index (χ0v) is 11.3. The normalized spacial score (nSPS) is 23.1. The van der Waals surface area contributed by atoms with Gasteiger partial charge in [0.1, 0.15) is 0 Å². The minimum Gasteiger partial charge on any atom is -0.383 e. The molecule has 1 aliphatic heterocycles. The average Bonchev–Trinajstić information content (AvgIpc) is 2.84. The highest BCUT2D eigenvalue weighted by atomic mass is 19.2. The summed E-state index contributed by atoms with van der Waals surface area (Å²) < 4.78 is 31.3. The average molecular weight is 284 g/mol. The van der Waals surface area contributed by atoms with Crippen LogP contribution in [0.4, 0.5) is 8.78 Å². The number of likely N-dealkylation sites (tertiary alicyclic amines) is 1. The van der Waals surface area contributed by atoms with Gasteiger partial charge in [0.2, 0.25) is 5.91 Å². The standard InChI is InChI=1S/C14H18F2N2O2/c1-20-5-4-18-7-10(11(8-18)14(17)19)9-2-3-12(15)13(16)6-9/h2-3,6,10-11H,4-5,7-8H2,1H3,(H2,17,19)/t10-,11+/m1/s1. The van der Waals surface area contributed by atoms with E-state index in [1.165, 1.54) is 6.07 Å². The van der Waals surface area contributed by atoms with Gasteiger partial charge in [-0.25, -0.2) is 8.78 Å². The summed E-state index contributed by atoms with van der Waals surface area (Å²) >= 11 is 0. The fraction of sp³-hybridized carbons (Fsp3) is 0.500. The zero-order valence-electron chi connectivity index (χ0n) is 11.3. The first kappa shape index (κ1) is 14.9. The van der Waals surface area contributed by atoms with Crippen molar-refractivity contribution in [1.29, 1.82) is 0 Å². The summed E-state index contributed by atoms with van der Waals surface area (Å²) in [7, 11) is 1.61. The number of carbonyl (C=O) groups is 1. The van der Waals surface area contributed by atoms with E-state index in [2.05, 4.69) is 0 Å². The summed E-state index contributed by atoms with van der Waals surface area (Å²) in [6.45, 7) is 2.33. The van der Waals surface area contributed by atoms with Crippen LogP contribution in [0.2, 0.25) is 0 Å². The van der Waals surface area contributed by atoms with Crippen molar-refractivity contribution in [2.24, 2.45) is 11.7 Å². The first-order valence-corrected chi connectivity index (χ1v) is 6.48. The Bertz CT molecular complexity index is 496. The summed E-state index contributed by atoms with van der Waals surface area (Å²) in [5, 5.41) is 0. The van der Waals surface area contributed by atoms with Crippen LogP contribution in [0.1, 0.15) is 11.5 Å². The van der Waals surface area contributed by atoms with Crippen LogP contribution >= 0.6 is 0 Å². The fourth-order valence-electron chi connectivity index (χ4n) is 2.66. The van der Waals surface area contributed by atoms with E-state index < -0.39 is 23.5 Å². The van der Waals surface area contributed by atoms with Gasteiger partial charge in [-0.2, -0.15) is 0 Å². The molecule has 110 valence electrons. The van der Waals surface area contributed by atoms with Gasteiger partial charge in [-0.3, -0.25) is 9.69 Å².